The third-order valence-corrected chi connectivity index (χ3v) is 4.18. The van der Waals surface area contributed by atoms with Gasteiger partial charge in [0.05, 0.1) is 16.8 Å². The third-order valence-electron chi connectivity index (χ3n) is 3.14. The molecule has 0 radical (unpaired) electrons. The van der Waals surface area contributed by atoms with E-state index in [9.17, 15) is 0 Å². The molecular weight excluding hydrogens is 292 g/mol. The van der Waals surface area contributed by atoms with Crippen molar-refractivity contribution >= 4 is 11.3 Å². The van der Waals surface area contributed by atoms with E-state index in [1.54, 1.807) is 11.3 Å². The number of aryl methyl sites for hydroxylation is 1. The molecule has 1 N–H and O–H groups in total. The minimum Gasteiger partial charge on any atom is -0.491 e. The van der Waals surface area contributed by atoms with E-state index in [1.165, 1.54) is 9.88 Å². The monoisotopic (exact) mass is 316 g/mol. The fourth-order valence-corrected chi connectivity index (χ4v) is 3.14. The van der Waals surface area contributed by atoms with Crippen molar-refractivity contribution in [3.63, 3.8) is 0 Å². The molecule has 22 heavy (non-hydrogen) atoms. The predicted octanol–water partition coefficient (Wildman–Crippen LogP) is 4.22. The Labute approximate surface area is 137 Å². The predicted molar refractivity (Wildman–Crippen MR) is 94.8 cm³/mol. The zero-order valence-electron chi connectivity index (χ0n) is 13.6. The summed E-state index contributed by atoms with van der Waals surface area (Å²) in [5.41, 5.74) is 2.23. The van der Waals surface area contributed by atoms with Crippen molar-refractivity contribution in [3.8, 4) is 17.0 Å². The number of hydrogen-bond acceptors (Lipinski definition) is 4. The molecule has 0 saturated carbocycles. The minimum atomic E-state index is 0.196. The molecule has 0 unspecified atom stereocenters. The van der Waals surface area contributed by atoms with E-state index in [4.69, 9.17) is 9.72 Å². The van der Waals surface area contributed by atoms with E-state index in [-0.39, 0.29) is 6.10 Å². The molecule has 0 saturated heterocycles. The van der Waals surface area contributed by atoms with Crippen LogP contribution < -0.4 is 10.1 Å². The zero-order valence-corrected chi connectivity index (χ0v) is 14.4. The first-order valence-corrected chi connectivity index (χ1v) is 8.47. The van der Waals surface area contributed by atoms with Crippen molar-refractivity contribution in [2.24, 2.45) is 0 Å². The molecule has 0 bridgehead atoms. The fourth-order valence-electron chi connectivity index (χ4n) is 2.19. The van der Waals surface area contributed by atoms with Crippen LogP contribution in [-0.2, 0) is 6.42 Å². The van der Waals surface area contributed by atoms with Gasteiger partial charge in [-0.25, -0.2) is 4.98 Å². The molecule has 0 spiro atoms. The molecular formula is C18H24N2OS. The Morgan fingerprint density at radius 1 is 1.32 bits per heavy atom. The molecule has 3 nitrogen and oxygen atoms in total. The topological polar surface area (TPSA) is 34.2 Å². The van der Waals surface area contributed by atoms with Crippen LogP contribution in [0, 0.1) is 6.92 Å². The smallest absolute Gasteiger partial charge is 0.119 e. The van der Waals surface area contributed by atoms with Gasteiger partial charge in [0.2, 0.25) is 0 Å². The standard InChI is InChI=1S/C18H24N2OS/c1-5-11-19-12-10-17-20-18(14(4)22-17)15-6-8-16(9-7-15)21-13(2)3/h5-9,13,19H,1,10-12H2,2-4H3. The third kappa shape index (κ3) is 4.68. The Balaban J connectivity index is 2.05. The number of aromatic nitrogens is 1. The van der Waals surface area contributed by atoms with Crippen molar-refractivity contribution in [2.45, 2.75) is 33.3 Å². The first kappa shape index (κ1) is 16.7. The molecule has 4 heteroatoms. The Kier molecular flexibility index (Phi) is 6.16. The summed E-state index contributed by atoms with van der Waals surface area (Å²) in [6.07, 6.45) is 3.02. The van der Waals surface area contributed by atoms with Gasteiger partial charge in [0.1, 0.15) is 5.75 Å². The van der Waals surface area contributed by atoms with Crippen molar-refractivity contribution in [1.82, 2.24) is 10.3 Å². The molecule has 0 amide bonds. The van der Waals surface area contributed by atoms with E-state index in [2.05, 4.69) is 31.0 Å². The SMILES string of the molecule is C=CCNCCc1nc(-c2ccc(OC(C)C)cc2)c(C)s1. The van der Waals surface area contributed by atoms with Crippen LogP contribution in [0.25, 0.3) is 11.3 Å². The Morgan fingerprint density at radius 2 is 2.05 bits per heavy atom. The molecule has 0 aliphatic rings. The van der Waals surface area contributed by atoms with Gasteiger partial charge < -0.3 is 10.1 Å². The summed E-state index contributed by atoms with van der Waals surface area (Å²) in [6.45, 7) is 11.7. The normalized spacial score (nSPS) is 10.9. The van der Waals surface area contributed by atoms with Crippen LogP contribution in [0.1, 0.15) is 23.7 Å². The molecule has 2 rings (SSSR count). The maximum atomic E-state index is 5.68. The summed E-state index contributed by atoms with van der Waals surface area (Å²) >= 11 is 1.77. The summed E-state index contributed by atoms with van der Waals surface area (Å²) in [6, 6.07) is 8.19. The number of nitrogens with one attached hydrogen (secondary N) is 1. The van der Waals surface area contributed by atoms with Crippen LogP contribution in [0.4, 0.5) is 0 Å². The lowest BCUT2D eigenvalue weighted by Crippen LogP contribution is -2.16. The lowest BCUT2D eigenvalue weighted by Gasteiger charge is -2.09. The lowest BCUT2D eigenvalue weighted by molar-refractivity contribution is 0.242. The van der Waals surface area contributed by atoms with E-state index in [1.807, 2.05) is 32.1 Å². The highest BCUT2D eigenvalue weighted by molar-refractivity contribution is 7.12. The van der Waals surface area contributed by atoms with Gasteiger partial charge in [0.25, 0.3) is 0 Å². The average Bonchev–Trinajstić information content (AvgIpc) is 2.85. The van der Waals surface area contributed by atoms with Crippen molar-refractivity contribution < 1.29 is 4.74 Å². The minimum absolute atomic E-state index is 0.196. The van der Waals surface area contributed by atoms with Crippen molar-refractivity contribution in [2.75, 3.05) is 13.1 Å². The molecule has 1 aromatic carbocycles. The molecule has 0 atom stereocenters. The molecule has 0 aliphatic carbocycles. The number of ether oxygens (including phenoxy) is 1. The molecule has 0 aliphatic heterocycles. The number of hydrogen-bond donors (Lipinski definition) is 1. The Hall–Kier alpha value is -1.65. The first-order valence-electron chi connectivity index (χ1n) is 7.65. The van der Waals surface area contributed by atoms with Gasteiger partial charge in [-0.05, 0) is 45.0 Å². The number of thiazole rings is 1. The molecule has 1 heterocycles. The summed E-state index contributed by atoms with van der Waals surface area (Å²) in [4.78, 5) is 6.04. The number of nitrogens with zero attached hydrogens (tertiary/aromatic N) is 1. The highest BCUT2D eigenvalue weighted by Gasteiger charge is 2.10. The summed E-state index contributed by atoms with van der Waals surface area (Å²) in [7, 11) is 0. The number of benzene rings is 1. The van der Waals surface area contributed by atoms with Crippen LogP contribution >= 0.6 is 11.3 Å². The van der Waals surface area contributed by atoms with Crippen LogP contribution in [0.3, 0.4) is 0 Å². The van der Waals surface area contributed by atoms with Gasteiger partial charge in [-0.3, -0.25) is 0 Å². The van der Waals surface area contributed by atoms with E-state index < -0.39 is 0 Å². The largest absolute Gasteiger partial charge is 0.491 e. The quantitative estimate of drug-likeness (QED) is 0.585. The van der Waals surface area contributed by atoms with E-state index in [0.717, 1.165) is 36.5 Å². The lowest BCUT2D eigenvalue weighted by atomic mass is 10.1. The van der Waals surface area contributed by atoms with Gasteiger partial charge in [0, 0.05) is 30.0 Å². The molecule has 1 aromatic heterocycles. The maximum absolute atomic E-state index is 5.68. The fraction of sp³-hybridized carbons (Fsp3) is 0.389. The van der Waals surface area contributed by atoms with E-state index >= 15 is 0 Å². The summed E-state index contributed by atoms with van der Waals surface area (Å²) in [5, 5.41) is 4.48. The highest BCUT2D eigenvalue weighted by Crippen LogP contribution is 2.29. The average molecular weight is 316 g/mol. The second-order valence-electron chi connectivity index (χ2n) is 5.45. The summed E-state index contributed by atoms with van der Waals surface area (Å²) in [5.74, 6) is 0.903. The van der Waals surface area contributed by atoms with Crippen LogP contribution in [0.2, 0.25) is 0 Å². The second-order valence-corrected chi connectivity index (χ2v) is 6.73. The van der Waals surface area contributed by atoms with Crippen LogP contribution in [0.5, 0.6) is 5.75 Å². The van der Waals surface area contributed by atoms with Gasteiger partial charge in [-0.1, -0.05) is 6.08 Å². The number of rotatable bonds is 8. The second kappa shape index (κ2) is 8.11. The molecule has 118 valence electrons. The van der Waals surface area contributed by atoms with Gasteiger partial charge in [-0.15, -0.1) is 17.9 Å². The Bertz CT molecular complexity index is 602. The van der Waals surface area contributed by atoms with Crippen molar-refractivity contribution in [1.29, 1.82) is 0 Å². The van der Waals surface area contributed by atoms with Gasteiger partial charge >= 0.3 is 0 Å². The molecule has 2 aromatic rings. The van der Waals surface area contributed by atoms with Crippen LogP contribution in [-0.4, -0.2) is 24.2 Å². The van der Waals surface area contributed by atoms with Gasteiger partial charge in [-0.2, -0.15) is 0 Å². The zero-order chi connectivity index (χ0) is 15.9. The summed E-state index contributed by atoms with van der Waals surface area (Å²) < 4.78 is 5.68. The molecule has 0 fully saturated rings. The first-order chi connectivity index (χ1) is 10.6. The highest BCUT2D eigenvalue weighted by atomic mass is 32.1. The van der Waals surface area contributed by atoms with Gasteiger partial charge in [0.15, 0.2) is 0 Å². The van der Waals surface area contributed by atoms with Crippen LogP contribution in [0.15, 0.2) is 36.9 Å². The maximum Gasteiger partial charge on any atom is 0.119 e. The Morgan fingerprint density at radius 3 is 2.68 bits per heavy atom. The van der Waals surface area contributed by atoms with Crippen molar-refractivity contribution in [3.05, 3.63) is 46.8 Å². The van der Waals surface area contributed by atoms with E-state index in [0.29, 0.717) is 0 Å².